The standard InChI is InChI=1S/2C23H12F3N2.C5H8O2.Ir/c2*24-23(25,26)15-11-9-14(10-12-15)20-13-27-21-18-7-3-1-5-16(18)17-6-2-4-8-19(17)22(21)28-20;1-4(6)3-5(2)7;/h2*1-6,8-13H;3,6H,1-2H3;/q2*-1;;. The number of aliphatic hydroxyl groups excluding tert-OH is 1. The van der Waals surface area contributed by atoms with Crippen molar-refractivity contribution in [1.82, 2.24) is 19.9 Å². The minimum absolute atomic E-state index is 0. The van der Waals surface area contributed by atoms with Crippen LogP contribution in [-0.4, -0.2) is 30.8 Å². The average Bonchev–Trinajstić information content (AvgIpc) is 3.28. The van der Waals surface area contributed by atoms with Crippen molar-refractivity contribution < 1.29 is 56.3 Å². The zero-order valence-electron chi connectivity index (χ0n) is 33.7. The van der Waals surface area contributed by atoms with Gasteiger partial charge in [-0.3, -0.25) is 14.8 Å². The minimum Gasteiger partial charge on any atom is -0.512 e. The summed E-state index contributed by atoms with van der Waals surface area (Å²) in [6.07, 6.45) is -4.36. The molecule has 64 heavy (non-hydrogen) atoms. The summed E-state index contributed by atoms with van der Waals surface area (Å²) in [6.45, 7) is 2.85. The Hall–Kier alpha value is -7.08. The van der Waals surface area contributed by atoms with E-state index < -0.39 is 23.5 Å². The summed E-state index contributed by atoms with van der Waals surface area (Å²) in [4.78, 5) is 28.7. The van der Waals surface area contributed by atoms with E-state index in [1.165, 1.54) is 44.2 Å². The quantitative estimate of drug-likeness (QED) is 0.0623. The van der Waals surface area contributed by atoms with Gasteiger partial charge in [-0.2, -0.15) is 26.3 Å². The molecular weight excluding hydrogens is 1010 g/mol. The first-order chi connectivity index (χ1) is 30.2. The van der Waals surface area contributed by atoms with Crippen molar-refractivity contribution in [2.75, 3.05) is 0 Å². The van der Waals surface area contributed by atoms with Crippen LogP contribution < -0.4 is 0 Å². The van der Waals surface area contributed by atoms with Crippen molar-refractivity contribution in [3.8, 4) is 22.5 Å². The van der Waals surface area contributed by atoms with Crippen LogP contribution in [-0.2, 0) is 37.3 Å². The van der Waals surface area contributed by atoms with Gasteiger partial charge in [0.05, 0.1) is 39.3 Å². The van der Waals surface area contributed by atoms with Gasteiger partial charge in [-0.1, -0.05) is 94.3 Å². The van der Waals surface area contributed by atoms with E-state index in [0.29, 0.717) is 33.5 Å². The predicted molar refractivity (Wildman–Crippen MR) is 235 cm³/mol. The summed E-state index contributed by atoms with van der Waals surface area (Å²) in [5, 5.41) is 16.2. The van der Waals surface area contributed by atoms with E-state index in [0.717, 1.165) is 78.4 Å². The monoisotopic (exact) mass is 1040 g/mol. The number of hydrogen-bond donors (Lipinski definition) is 1. The van der Waals surface area contributed by atoms with E-state index >= 15 is 0 Å². The molecule has 8 aromatic carbocycles. The van der Waals surface area contributed by atoms with Crippen LogP contribution in [0.4, 0.5) is 26.3 Å². The fourth-order valence-electron chi connectivity index (χ4n) is 7.32. The smallest absolute Gasteiger partial charge is 0.416 e. The van der Waals surface area contributed by atoms with Gasteiger partial charge in [-0.15, -0.1) is 59.3 Å². The second-order valence-electron chi connectivity index (χ2n) is 14.5. The van der Waals surface area contributed by atoms with Crippen molar-refractivity contribution in [2.24, 2.45) is 0 Å². The van der Waals surface area contributed by atoms with E-state index in [1.807, 2.05) is 84.9 Å². The number of fused-ring (bicyclic) bond motifs is 12. The van der Waals surface area contributed by atoms with Gasteiger partial charge in [-0.25, -0.2) is 0 Å². The van der Waals surface area contributed by atoms with Gasteiger partial charge in [0, 0.05) is 60.7 Å². The molecule has 0 aliphatic heterocycles. The Kier molecular flexibility index (Phi) is 12.9. The number of rotatable bonds is 3. The Morgan fingerprint density at radius 1 is 0.516 bits per heavy atom. The molecule has 6 nitrogen and oxygen atoms in total. The summed E-state index contributed by atoms with van der Waals surface area (Å²) in [5.74, 6) is -0.0625. The molecule has 0 aliphatic rings. The van der Waals surface area contributed by atoms with Gasteiger partial charge in [0.2, 0.25) is 0 Å². The van der Waals surface area contributed by atoms with Crippen LogP contribution in [0.2, 0.25) is 0 Å². The second kappa shape index (κ2) is 18.3. The number of aliphatic hydroxyl groups is 1. The maximum Gasteiger partial charge on any atom is 0.416 e. The van der Waals surface area contributed by atoms with Crippen LogP contribution in [0.15, 0.2) is 158 Å². The largest absolute Gasteiger partial charge is 0.512 e. The Balaban J connectivity index is 0.000000165. The third-order valence-corrected chi connectivity index (χ3v) is 10.1. The van der Waals surface area contributed by atoms with E-state index in [9.17, 15) is 31.1 Å². The second-order valence-corrected chi connectivity index (χ2v) is 14.5. The SMILES string of the molecule is CC(=O)C=C(C)O.FC(F)(F)c1ccc(-c2cnc3c4[c-]cccc4c4ccccc4c3n2)cc1.FC(F)(F)c1ccc(-c2cnc3c4[c-]cccc4c4ccccc4c3n2)cc1.[Ir]. The number of carbonyl (C=O) groups is 1. The molecule has 0 atom stereocenters. The molecular formula is C51H32F6IrN4O2-2. The Morgan fingerprint density at radius 3 is 1.20 bits per heavy atom. The molecule has 13 heteroatoms. The van der Waals surface area contributed by atoms with Gasteiger partial charge in [0.15, 0.2) is 5.78 Å². The molecule has 0 amide bonds. The number of aromatic nitrogens is 4. The number of nitrogens with zero attached hydrogens (tertiary/aromatic N) is 4. The Labute approximate surface area is 375 Å². The molecule has 2 heterocycles. The maximum absolute atomic E-state index is 12.8. The summed E-state index contributed by atoms with van der Waals surface area (Å²) < 4.78 is 76.9. The molecule has 0 saturated carbocycles. The first-order valence-electron chi connectivity index (χ1n) is 19.4. The minimum atomic E-state index is -4.36. The number of hydrogen-bond acceptors (Lipinski definition) is 6. The number of allylic oxidation sites excluding steroid dienone is 2. The maximum atomic E-state index is 12.8. The number of halogens is 6. The fraction of sp³-hybridized carbons (Fsp3) is 0.0784. The van der Waals surface area contributed by atoms with Crippen LogP contribution >= 0.6 is 0 Å². The Morgan fingerprint density at radius 2 is 0.875 bits per heavy atom. The molecule has 1 N–H and O–H groups in total. The number of alkyl halides is 6. The summed E-state index contributed by atoms with van der Waals surface area (Å²) in [5.41, 5.74) is 3.74. The molecule has 1 radical (unpaired) electrons. The van der Waals surface area contributed by atoms with E-state index in [2.05, 4.69) is 22.1 Å². The number of carbonyl (C=O) groups excluding carboxylic acids is 1. The zero-order chi connectivity index (χ0) is 44.5. The summed E-state index contributed by atoms with van der Waals surface area (Å²) >= 11 is 0. The van der Waals surface area contributed by atoms with E-state index in [-0.39, 0.29) is 31.6 Å². The first-order valence-corrected chi connectivity index (χ1v) is 19.4. The van der Waals surface area contributed by atoms with Crippen LogP contribution in [0.25, 0.3) is 87.7 Å². The van der Waals surface area contributed by atoms with Crippen molar-refractivity contribution in [3.63, 3.8) is 0 Å². The topological polar surface area (TPSA) is 88.9 Å². The molecule has 0 saturated heterocycles. The van der Waals surface area contributed by atoms with Gasteiger partial charge < -0.3 is 15.1 Å². The third-order valence-electron chi connectivity index (χ3n) is 10.1. The van der Waals surface area contributed by atoms with Gasteiger partial charge >= 0.3 is 12.4 Å². The first kappa shape index (κ1) is 45.0. The van der Waals surface area contributed by atoms with Crippen LogP contribution in [0.1, 0.15) is 25.0 Å². The predicted octanol–water partition coefficient (Wildman–Crippen LogP) is 13.9. The molecule has 0 spiro atoms. The van der Waals surface area contributed by atoms with Crippen molar-refractivity contribution in [3.05, 3.63) is 181 Å². The number of ketones is 1. The van der Waals surface area contributed by atoms with Gasteiger partial charge in [0.25, 0.3) is 0 Å². The molecule has 0 fully saturated rings. The molecule has 0 unspecified atom stereocenters. The van der Waals surface area contributed by atoms with Gasteiger partial charge in [-0.05, 0) is 48.9 Å². The normalized spacial score (nSPS) is 11.8. The fourth-order valence-corrected chi connectivity index (χ4v) is 7.32. The van der Waals surface area contributed by atoms with Crippen LogP contribution in [0.3, 0.4) is 0 Å². The van der Waals surface area contributed by atoms with E-state index in [1.54, 1.807) is 12.4 Å². The van der Waals surface area contributed by atoms with Crippen LogP contribution in [0, 0.1) is 12.1 Å². The molecule has 10 rings (SSSR count). The van der Waals surface area contributed by atoms with Crippen molar-refractivity contribution in [1.29, 1.82) is 0 Å². The molecule has 2 aromatic heterocycles. The molecule has 321 valence electrons. The number of benzene rings is 8. The third kappa shape index (κ3) is 9.32. The summed E-state index contributed by atoms with van der Waals surface area (Å²) in [6, 6.07) is 43.8. The van der Waals surface area contributed by atoms with Crippen molar-refractivity contribution >= 4 is 70.9 Å². The van der Waals surface area contributed by atoms with Gasteiger partial charge in [0.1, 0.15) is 0 Å². The average molecular weight is 1040 g/mol. The van der Waals surface area contributed by atoms with Crippen LogP contribution in [0.5, 0.6) is 0 Å². The zero-order valence-corrected chi connectivity index (χ0v) is 36.1. The molecule has 0 aliphatic carbocycles. The molecule has 10 aromatic rings. The Bertz CT molecular complexity index is 3090. The molecule has 0 bridgehead atoms. The van der Waals surface area contributed by atoms with E-state index in [4.69, 9.17) is 15.1 Å². The van der Waals surface area contributed by atoms with Crippen molar-refractivity contribution in [2.45, 2.75) is 26.2 Å². The summed E-state index contributed by atoms with van der Waals surface area (Å²) in [7, 11) is 0.